The monoisotopic (exact) mass is 381 g/mol. The van der Waals surface area contributed by atoms with Crippen molar-refractivity contribution in [3.05, 3.63) is 41.7 Å². The highest BCUT2D eigenvalue weighted by molar-refractivity contribution is 5.83. The predicted octanol–water partition coefficient (Wildman–Crippen LogP) is 3.14. The Kier molecular flexibility index (Phi) is 4.59. The quantitative estimate of drug-likeness (QED) is 0.752. The van der Waals surface area contributed by atoms with Gasteiger partial charge in [0.25, 0.3) is 0 Å². The summed E-state index contributed by atoms with van der Waals surface area (Å²) in [5.74, 6) is 2.53. The minimum absolute atomic E-state index is 0.0273. The maximum absolute atomic E-state index is 11.4. The van der Waals surface area contributed by atoms with Gasteiger partial charge >= 0.3 is 0 Å². The molecule has 0 spiro atoms. The van der Waals surface area contributed by atoms with E-state index in [9.17, 15) is 9.90 Å². The fourth-order valence-corrected chi connectivity index (χ4v) is 5.42. The normalized spacial score (nSPS) is 29.4. The summed E-state index contributed by atoms with van der Waals surface area (Å²) in [6.45, 7) is 2.66. The zero-order valence-electron chi connectivity index (χ0n) is 16.0. The van der Waals surface area contributed by atoms with Crippen LogP contribution in [0.25, 0.3) is 0 Å². The maximum atomic E-state index is 11.4. The van der Waals surface area contributed by atoms with E-state index in [1.54, 1.807) is 12.1 Å². The third kappa shape index (κ3) is 2.82. The molecule has 4 atom stereocenters. The number of aldehydes is 1. The molecule has 3 fully saturated rings. The average Bonchev–Trinajstić information content (AvgIpc) is 3.09. The van der Waals surface area contributed by atoms with Crippen molar-refractivity contribution >= 4 is 6.29 Å². The summed E-state index contributed by atoms with van der Waals surface area (Å²) in [6.07, 6.45) is 7.51. The van der Waals surface area contributed by atoms with Crippen LogP contribution in [0.5, 0.6) is 11.5 Å². The molecule has 0 bridgehead atoms. The number of nitrogens with zero attached hydrogens (tertiary/aromatic N) is 2. The van der Waals surface area contributed by atoms with Crippen LogP contribution < -0.4 is 10.1 Å². The number of aromatic nitrogens is 2. The van der Waals surface area contributed by atoms with Crippen LogP contribution in [0.2, 0.25) is 0 Å². The van der Waals surface area contributed by atoms with Crippen molar-refractivity contribution in [3.63, 3.8) is 0 Å². The standard InChI is InChI=1S/C22H27N3O3/c26-12-17-20(27)5-2-6-21(17)28-13-18-15-7-9-23-11-16(15)22(18)19-8-10-24-25(19)14-3-1-4-14/h2,5-6,8,10,12,14-16,18,22-23,27H,1,3-4,7,9,11,13H2. The van der Waals surface area contributed by atoms with Crippen LogP contribution in [0.1, 0.15) is 53.7 Å². The Morgan fingerprint density at radius 2 is 2.14 bits per heavy atom. The number of piperidine rings is 1. The number of carbonyl (C=O) groups is 1. The molecular formula is C22H27N3O3. The number of carbonyl (C=O) groups excluding carboxylic acids is 1. The molecule has 2 aliphatic carbocycles. The van der Waals surface area contributed by atoms with Gasteiger partial charge in [-0.1, -0.05) is 6.07 Å². The lowest BCUT2D eigenvalue weighted by Crippen LogP contribution is -2.56. The first-order chi connectivity index (χ1) is 13.8. The smallest absolute Gasteiger partial charge is 0.157 e. The van der Waals surface area contributed by atoms with Crippen molar-refractivity contribution in [1.82, 2.24) is 15.1 Å². The molecule has 28 heavy (non-hydrogen) atoms. The number of fused-ring (bicyclic) bond motifs is 1. The van der Waals surface area contributed by atoms with E-state index < -0.39 is 0 Å². The van der Waals surface area contributed by atoms with E-state index in [4.69, 9.17) is 4.74 Å². The second-order valence-electron chi connectivity index (χ2n) is 8.41. The summed E-state index contributed by atoms with van der Waals surface area (Å²) in [6, 6.07) is 7.73. The van der Waals surface area contributed by atoms with Crippen molar-refractivity contribution < 1.29 is 14.6 Å². The third-order valence-electron chi connectivity index (χ3n) is 7.11. The number of benzene rings is 1. The second-order valence-corrected chi connectivity index (χ2v) is 8.41. The lowest BCUT2D eigenvalue weighted by Gasteiger charge is -2.55. The van der Waals surface area contributed by atoms with Crippen molar-refractivity contribution in [3.8, 4) is 11.5 Å². The van der Waals surface area contributed by atoms with Crippen LogP contribution in [0.4, 0.5) is 0 Å². The maximum Gasteiger partial charge on any atom is 0.157 e. The Bertz CT molecular complexity index is 860. The Hall–Kier alpha value is -2.34. The molecule has 148 valence electrons. The van der Waals surface area contributed by atoms with Gasteiger partial charge in [-0.15, -0.1) is 0 Å². The molecule has 0 radical (unpaired) electrons. The Morgan fingerprint density at radius 1 is 1.25 bits per heavy atom. The molecule has 4 unspecified atom stereocenters. The summed E-state index contributed by atoms with van der Waals surface area (Å²) >= 11 is 0. The molecule has 2 aromatic rings. The zero-order valence-corrected chi connectivity index (χ0v) is 16.0. The van der Waals surface area contributed by atoms with Crippen LogP contribution in [0.3, 0.4) is 0 Å². The molecule has 1 saturated heterocycles. The average molecular weight is 381 g/mol. The highest BCUT2D eigenvalue weighted by atomic mass is 16.5. The lowest BCUT2D eigenvalue weighted by molar-refractivity contribution is -0.0267. The molecule has 1 aliphatic heterocycles. The molecule has 6 nitrogen and oxygen atoms in total. The number of hydrogen-bond donors (Lipinski definition) is 2. The van der Waals surface area contributed by atoms with Gasteiger partial charge in [0.1, 0.15) is 11.5 Å². The lowest BCUT2D eigenvalue weighted by atomic mass is 9.53. The fraction of sp³-hybridized carbons (Fsp3) is 0.545. The third-order valence-corrected chi connectivity index (χ3v) is 7.11. The van der Waals surface area contributed by atoms with E-state index in [0.29, 0.717) is 48.4 Å². The molecule has 2 heterocycles. The molecule has 2 N–H and O–H groups in total. The highest BCUT2D eigenvalue weighted by Crippen LogP contribution is 2.55. The molecule has 3 aliphatic rings. The molecule has 6 heteroatoms. The first-order valence-corrected chi connectivity index (χ1v) is 10.4. The van der Waals surface area contributed by atoms with Crippen LogP contribution in [0, 0.1) is 17.8 Å². The predicted molar refractivity (Wildman–Crippen MR) is 105 cm³/mol. The van der Waals surface area contributed by atoms with Crippen molar-refractivity contribution in [2.24, 2.45) is 17.8 Å². The van der Waals surface area contributed by atoms with Gasteiger partial charge in [-0.25, -0.2) is 0 Å². The molecule has 1 aromatic carbocycles. The largest absolute Gasteiger partial charge is 0.507 e. The van der Waals surface area contributed by atoms with E-state index in [-0.39, 0.29) is 11.3 Å². The van der Waals surface area contributed by atoms with Gasteiger partial charge in [-0.2, -0.15) is 5.10 Å². The first-order valence-electron chi connectivity index (χ1n) is 10.4. The van der Waals surface area contributed by atoms with Gasteiger partial charge in [0.15, 0.2) is 6.29 Å². The Balaban J connectivity index is 1.38. The van der Waals surface area contributed by atoms with E-state index in [1.807, 2.05) is 6.20 Å². The minimum Gasteiger partial charge on any atom is -0.507 e. The summed E-state index contributed by atoms with van der Waals surface area (Å²) in [5, 5.41) is 18.1. The molecule has 1 aromatic heterocycles. The van der Waals surface area contributed by atoms with E-state index in [0.717, 1.165) is 19.5 Å². The van der Waals surface area contributed by atoms with E-state index in [1.165, 1.54) is 31.0 Å². The SMILES string of the molecule is O=Cc1c(O)cccc1OCC1C2CCNCC2C1c1ccnn1C1CCC1. The van der Waals surface area contributed by atoms with Crippen LogP contribution in [-0.2, 0) is 0 Å². The molecular weight excluding hydrogens is 354 g/mol. The first kappa shape index (κ1) is 17.7. The summed E-state index contributed by atoms with van der Waals surface area (Å²) in [4.78, 5) is 11.4. The van der Waals surface area contributed by atoms with Gasteiger partial charge in [0.05, 0.1) is 18.2 Å². The van der Waals surface area contributed by atoms with Crippen LogP contribution in [-0.4, -0.2) is 40.9 Å². The second kappa shape index (κ2) is 7.24. The van der Waals surface area contributed by atoms with Gasteiger partial charge in [-0.05, 0) is 68.8 Å². The van der Waals surface area contributed by atoms with E-state index in [2.05, 4.69) is 21.2 Å². The number of aromatic hydroxyl groups is 1. The number of phenolic OH excluding ortho intramolecular Hbond substituents is 1. The fourth-order valence-electron chi connectivity index (χ4n) is 5.42. The molecule has 0 amide bonds. The van der Waals surface area contributed by atoms with Crippen molar-refractivity contribution in [2.75, 3.05) is 19.7 Å². The zero-order chi connectivity index (χ0) is 19.1. The molecule has 2 saturated carbocycles. The number of rotatable bonds is 6. The van der Waals surface area contributed by atoms with Gasteiger partial charge in [-0.3, -0.25) is 9.48 Å². The summed E-state index contributed by atoms with van der Waals surface area (Å²) < 4.78 is 8.35. The summed E-state index contributed by atoms with van der Waals surface area (Å²) in [7, 11) is 0. The number of nitrogens with one attached hydrogen (secondary N) is 1. The number of ether oxygens (including phenoxy) is 1. The van der Waals surface area contributed by atoms with Crippen LogP contribution >= 0.6 is 0 Å². The van der Waals surface area contributed by atoms with E-state index >= 15 is 0 Å². The molecule has 5 rings (SSSR count). The Labute approximate surface area is 164 Å². The van der Waals surface area contributed by atoms with Crippen LogP contribution in [0.15, 0.2) is 30.5 Å². The van der Waals surface area contributed by atoms with Gasteiger partial charge in [0, 0.05) is 23.7 Å². The Morgan fingerprint density at radius 3 is 2.93 bits per heavy atom. The topological polar surface area (TPSA) is 76.4 Å². The van der Waals surface area contributed by atoms with Gasteiger partial charge in [0.2, 0.25) is 0 Å². The minimum atomic E-state index is -0.0273. The summed E-state index contributed by atoms with van der Waals surface area (Å²) in [5.41, 5.74) is 1.58. The van der Waals surface area contributed by atoms with Crippen molar-refractivity contribution in [1.29, 1.82) is 0 Å². The number of phenols is 1. The van der Waals surface area contributed by atoms with Gasteiger partial charge < -0.3 is 15.2 Å². The van der Waals surface area contributed by atoms with Crippen molar-refractivity contribution in [2.45, 2.75) is 37.6 Å². The highest BCUT2D eigenvalue weighted by Gasteiger charge is 2.53. The number of hydrogen-bond acceptors (Lipinski definition) is 5.